The number of ether oxygens (including phenoxy) is 1. The molecule has 0 atom stereocenters. The van der Waals surface area contributed by atoms with Gasteiger partial charge in [-0.2, -0.15) is 5.26 Å². The SMILES string of the molecule is C=C(CNC)COc1c(I)cc(C#N)cc1[N+](=O)[O-]. The lowest BCUT2D eigenvalue weighted by atomic mass is 10.2. The number of nitro groups is 1. The Morgan fingerprint density at radius 2 is 2.37 bits per heavy atom. The zero-order valence-electron chi connectivity index (χ0n) is 10.3. The summed E-state index contributed by atoms with van der Waals surface area (Å²) in [5.74, 6) is 0.168. The van der Waals surface area contributed by atoms with Crippen LogP contribution in [0, 0.1) is 25.0 Å². The van der Waals surface area contributed by atoms with Crippen LogP contribution in [0.15, 0.2) is 24.3 Å². The Bertz CT molecular complexity index is 552. The van der Waals surface area contributed by atoms with E-state index in [9.17, 15) is 10.1 Å². The van der Waals surface area contributed by atoms with Crippen LogP contribution in [0.5, 0.6) is 5.75 Å². The molecule has 0 aliphatic heterocycles. The minimum atomic E-state index is -0.556. The summed E-state index contributed by atoms with van der Waals surface area (Å²) in [7, 11) is 1.78. The molecule has 0 unspecified atom stereocenters. The molecule has 0 aliphatic carbocycles. The van der Waals surface area contributed by atoms with E-state index in [2.05, 4.69) is 11.9 Å². The second-order valence-electron chi connectivity index (χ2n) is 3.74. The van der Waals surface area contributed by atoms with Gasteiger partial charge < -0.3 is 10.1 Å². The van der Waals surface area contributed by atoms with Crippen LogP contribution < -0.4 is 10.1 Å². The van der Waals surface area contributed by atoms with Crippen molar-refractivity contribution in [3.8, 4) is 11.8 Å². The summed E-state index contributed by atoms with van der Waals surface area (Å²) in [4.78, 5) is 10.4. The molecule has 0 spiro atoms. The van der Waals surface area contributed by atoms with Crippen LogP contribution in [-0.2, 0) is 0 Å². The third-order valence-corrected chi connectivity index (χ3v) is 3.00. The number of nitriles is 1. The molecule has 19 heavy (non-hydrogen) atoms. The van der Waals surface area contributed by atoms with E-state index in [4.69, 9.17) is 10.00 Å². The fraction of sp³-hybridized carbons (Fsp3) is 0.250. The summed E-state index contributed by atoms with van der Waals surface area (Å²) in [6, 6.07) is 4.64. The third kappa shape index (κ3) is 4.18. The first-order valence-corrected chi connectivity index (χ1v) is 6.39. The van der Waals surface area contributed by atoms with Crippen LogP contribution in [0.2, 0.25) is 0 Å². The maximum atomic E-state index is 11.0. The highest BCUT2D eigenvalue weighted by Gasteiger charge is 2.20. The lowest BCUT2D eigenvalue weighted by Gasteiger charge is -2.10. The number of halogens is 1. The molecule has 0 aliphatic rings. The number of hydrogen-bond acceptors (Lipinski definition) is 5. The van der Waals surface area contributed by atoms with Gasteiger partial charge in [-0.3, -0.25) is 10.1 Å². The van der Waals surface area contributed by atoms with Crippen molar-refractivity contribution in [2.75, 3.05) is 20.2 Å². The largest absolute Gasteiger partial charge is 0.482 e. The van der Waals surface area contributed by atoms with Crippen LogP contribution in [0.25, 0.3) is 0 Å². The highest BCUT2D eigenvalue weighted by Crippen LogP contribution is 2.33. The first-order valence-electron chi connectivity index (χ1n) is 5.31. The van der Waals surface area contributed by atoms with Gasteiger partial charge in [0.15, 0.2) is 0 Å². The number of benzene rings is 1. The van der Waals surface area contributed by atoms with Crippen LogP contribution in [-0.4, -0.2) is 25.1 Å². The Morgan fingerprint density at radius 3 is 2.89 bits per heavy atom. The van der Waals surface area contributed by atoms with Gasteiger partial charge in [-0.05, 0) is 41.3 Å². The lowest BCUT2D eigenvalue weighted by molar-refractivity contribution is -0.385. The van der Waals surface area contributed by atoms with Crippen molar-refractivity contribution in [2.24, 2.45) is 0 Å². The van der Waals surface area contributed by atoms with Gasteiger partial charge in [0, 0.05) is 12.6 Å². The monoisotopic (exact) mass is 373 g/mol. The summed E-state index contributed by atoms with van der Waals surface area (Å²) < 4.78 is 5.97. The van der Waals surface area contributed by atoms with E-state index in [1.807, 2.05) is 28.7 Å². The number of nitrogens with zero attached hydrogens (tertiary/aromatic N) is 2. The zero-order valence-corrected chi connectivity index (χ0v) is 12.4. The Morgan fingerprint density at radius 1 is 1.68 bits per heavy atom. The molecule has 0 saturated carbocycles. The van der Waals surface area contributed by atoms with Gasteiger partial charge in [-0.15, -0.1) is 0 Å². The molecular weight excluding hydrogens is 361 g/mol. The Labute approximate surface area is 124 Å². The molecule has 0 heterocycles. The zero-order chi connectivity index (χ0) is 14.4. The number of rotatable bonds is 6. The van der Waals surface area contributed by atoms with Gasteiger partial charge in [0.25, 0.3) is 0 Å². The van der Waals surface area contributed by atoms with Crippen LogP contribution in [0.1, 0.15) is 5.56 Å². The van der Waals surface area contributed by atoms with E-state index >= 15 is 0 Å². The van der Waals surface area contributed by atoms with Crippen molar-refractivity contribution < 1.29 is 9.66 Å². The van der Waals surface area contributed by atoms with E-state index in [-0.39, 0.29) is 23.6 Å². The van der Waals surface area contributed by atoms with Gasteiger partial charge in [-0.25, -0.2) is 0 Å². The molecule has 0 bridgehead atoms. The average molecular weight is 373 g/mol. The van der Waals surface area contributed by atoms with Crippen LogP contribution in [0.4, 0.5) is 5.69 Å². The van der Waals surface area contributed by atoms with E-state index in [0.717, 1.165) is 5.57 Å². The molecule has 1 aromatic rings. The topological polar surface area (TPSA) is 88.2 Å². The second kappa shape index (κ2) is 7.06. The standard InChI is InChI=1S/C12H12IN3O3/c1-8(6-15-2)7-19-12-10(13)3-9(5-14)4-11(12)16(17)18/h3-4,15H,1,6-7H2,2H3. The van der Waals surface area contributed by atoms with Crippen molar-refractivity contribution in [1.29, 1.82) is 5.26 Å². The minimum Gasteiger partial charge on any atom is -0.482 e. The molecule has 1 N–H and O–H groups in total. The normalized spacial score (nSPS) is 9.74. The predicted octanol–water partition coefficient (Wildman–Crippen LogP) is 2.23. The Kier molecular flexibility index (Phi) is 5.72. The summed E-state index contributed by atoms with van der Waals surface area (Å²) in [5.41, 5.74) is 0.801. The third-order valence-electron chi connectivity index (χ3n) is 2.20. The van der Waals surface area contributed by atoms with Crippen molar-refractivity contribution in [3.63, 3.8) is 0 Å². The number of nitro benzene ring substituents is 1. The van der Waals surface area contributed by atoms with E-state index < -0.39 is 4.92 Å². The smallest absolute Gasteiger partial charge is 0.313 e. The molecule has 0 radical (unpaired) electrons. The molecular formula is C12H12IN3O3. The highest BCUT2D eigenvalue weighted by atomic mass is 127. The molecule has 0 aromatic heterocycles. The van der Waals surface area contributed by atoms with Gasteiger partial charge >= 0.3 is 5.69 Å². The summed E-state index contributed by atoms with van der Waals surface area (Å²) >= 11 is 1.91. The van der Waals surface area contributed by atoms with Gasteiger partial charge in [0.05, 0.1) is 20.1 Å². The quantitative estimate of drug-likeness (QED) is 0.358. The molecule has 1 aromatic carbocycles. The first kappa shape index (κ1) is 15.4. The second-order valence-corrected chi connectivity index (χ2v) is 4.91. The summed E-state index contributed by atoms with van der Waals surface area (Å²) in [5, 5.41) is 22.7. The molecule has 0 fully saturated rings. The van der Waals surface area contributed by atoms with Crippen molar-refractivity contribution >= 4 is 28.3 Å². The molecule has 1 rings (SSSR count). The molecule has 0 amide bonds. The summed E-state index contributed by atoms with van der Waals surface area (Å²) in [6.07, 6.45) is 0. The van der Waals surface area contributed by atoms with E-state index in [1.165, 1.54) is 6.07 Å². The maximum absolute atomic E-state index is 11.0. The highest BCUT2D eigenvalue weighted by molar-refractivity contribution is 14.1. The minimum absolute atomic E-state index is 0.168. The van der Waals surface area contributed by atoms with E-state index in [0.29, 0.717) is 10.1 Å². The van der Waals surface area contributed by atoms with Crippen molar-refractivity contribution in [3.05, 3.63) is 43.5 Å². The maximum Gasteiger partial charge on any atom is 0.313 e. The Hall–Kier alpha value is -1.66. The summed E-state index contributed by atoms with van der Waals surface area (Å²) in [6.45, 7) is 4.54. The lowest BCUT2D eigenvalue weighted by Crippen LogP contribution is -2.15. The van der Waals surface area contributed by atoms with Gasteiger partial charge in [0.2, 0.25) is 5.75 Å². The first-order chi connectivity index (χ1) is 8.99. The van der Waals surface area contributed by atoms with E-state index in [1.54, 1.807) is 13.1 Å². The average Bonchev–Trinajstić information content (AvgIpc) is 2.36. The molecule has 6 nitrogen and oxygen atoms in total. The van der Waals surface area contributed by atoms with Gasteiger partial charge in [0.1, 0.15) is 6.61 Å². The van der Waals surface area contributed by atoms with Gasteiger partial charge in [-0.1, -0.05) is 6.58 Å². The van der Waals surface area contributed by atoms with Crippen LogP contribution >= 0.6 is 22.6 Å². The van der Waals surface area contributed by atoms with Crippen molar-refractivity contribution in [2.45, 2.75) is 0 Å². The number of hydrogen-bond donors (Lipinski definition) is 1. The fourth-order valence-electron chi connectivity index (χ4n) is 1.40. The van der Waals surface area contributed by atoms with Crippen molar-refractivity contribution in [1.82, 2.24) is 5.32 Å². The predicted molar refractivity (Wildman–Crippen MR) is 79.1 cm³/mol. The molecule has 0 saturated heterocycles. The molecule has 7 heteroatoms. The number of likely N-dealkylation sites (N-methyl/N-ethyl adjacent to an activating group) is 1. The fourth-order valence-corrected chi connectivity index (χ4v) is 2.16. The number of nitrogens with one attached hydrogen (secondary N) is 1. The van der Waals surface area contributed by atoms with Crippen LogP contribution in [0.3, 0.4) is 0 Å². The molecule has 100 valence electrons. The Balaban J connectivity index is 3.03.